The molecule has 0 saturated carbocycles. The van der Waals surface area contributed by atoms with Crippen molar-refractivity contribution in [3.8, 4) is 34.5 Å². The Morgan fingerprint density at radius 2 is 1.86 bits per heavy atom. The fourth-order valence-corrected chi connectivity index (χ4v) is 12.4. The molecule has 0 amide bonds. The van der Waals surface area contributed by atoms with Gasteiger partial charge in [-0.05, 0) is 55.2 Å². The number of phenols is 1. The molecule has 0 aliphatic carbocycles. The number of thioether (sulfide) groups is 1. The highest BCUT2D eigenvalue weighted by atomic mass is 32.2. The number of aryl methyl sites for hydroxylation is 1. The molecule has 4 aromatic rings. The largest absolute Gasteiger partial charge is 0.504 e. The highest BCUT2D eigenvalue weighted by Gasteiger charge is 2.61. The number of nitrogens with one attached hydrogen (secondary N) is 3. The molecule has 7 aliphatic rings. The Labute approximate surface area is 338 Å². The second kappa shape index (κ2) is 13.4. The van der Waals surface area contributed by atoms with E-state index in [1.165, 1.54) is 25.8 Å². The van der Waals surface area contributed by atoms with E-state index in [0.717, 1.165) is 27.6 Å². The lowest BCUT2D eigenvalue weighted by Crippen LogP contribution is -2.70. The van der Waals surface area contributed by atoms with Crippen LogP contribution >= 0.6 is 11.8 Å². The number of nitrogens with zero attached hydrogens (tertiary/aromatic N) is 1. The van der Waals surface area contributed by atoms with E-state index in [0.29, 0.717) is 63.1 Å². The average Bonchev–Trinajstić information content (AvgIpc) is 3.85. The van der Waals surface area contributed by atoms with E-state index < -0.39 is 59.2 Å². The number of hydrogen-bond donors (Lipinski definition) is 6. The van der Waals surface area contributed by atoms with Crippen molar-refractivity contribution in [2.45, 2.75) is 87.3 Å². The molecule has 6 N–H and O–H groups in total. The third-order valence-corrected chi connectivity index (χ3v) is 14.7. The van der Waals surface area contributed by atoms with E-state index in [4.69, 9.17) is 28.4 Å². The van der Waals surface area contributed by atoms with Gasteiger partial charge in [0, 0.05) is 63.8 Å². The lowest BCUT2D eigenvalue weighted by Gasteiger charge is -2.60. The van der Waals surface area contributed by atoms with Gasteiger partial charge < -0.3 is 54.0 Å². The third-order valence-electron chi connectivity index (χ3n) is 13.2. The summed E-state index contributed by atoms with van der Waals surface area (Å²) in [5, 5.41) is 42.9. The van der Waals surface area contributed by atoms with Crippen LogP contribution in [0.2, 0.25) is 0 Å². The van der Waals surface area contributed by atoms with Gasteiger partial charge in [0.15, 0.2) is 28.5 Å². The zero-order valence-electron chi connectivity index (χ0n) is 32.9. The van der Waals surface area contributed by atoms with Crippen molar-refractivity contribution >= 4 is 34.6 Å². The van der Waals surface area contributed by atoms with Crippen LogP contribution in [0.3, 0.4) is 0 Å². The molecule has 8 heterocycles. The second-order valence-electron chi connectivity index (χ2n) is 16.2. The van der Waals surface area contributed by atoms with Crippen LogP contribution in [0.25, 0.3) is 10.9 Å². The Balaban J connectivity index is 1.23. The molecule has 1 spiro atoms. The number of rotatable bonds is 4. The lowest BCUT2D eigenvalue weighted by atomic mass is 9.71. The number of fused-ring (bicyclic) bond motifs is 11. The van der Waals surface area contributed by atoms with Crippen molar-refractivity contribution in [1.82, 2.24) is 20.5 Å². The fraction of sp³-hybridized carbons (Fsp3) is 0.476. The molecule has 2 saturated heterocycles. The van der Waals surface area contributed by atoms with E-state index in [1.807, 2.05) is 49.9 Å². The van der Waals surface area contributed by atoms with Crippen LogP contribution in [0.5, 0.6) is 34.5 Å². The Bertz CT molecular complexity index is 2420. The number of aliphatic hydroxyl groups excluding tert-OH is 2. The number of hydrogen-bond acceptors (Lipinski definition) is 15. The fourth-order valence-electron chi connectivity index (χ4n) is 10.7. The summed E-state index contributed by atoms with van der Waals surface area (Å²) in [4.78, 5) is 33.5. The quantitative estimate of drug-likeness (QED) is 0.129. The number of aromatic nitrogens is 1. The summed E-state index contributed by atoms with van der Waals surface area (Å²) >= 11 is 1.44. The normalized spacial score (nSPS) is 30.6. The van der Waals surface area contributed by atoms with E-state index in [1.54, 1.807) is 7.11 Å². The smallest absolute Gasteiger partial charge is 0.333 e. The van der Waals surface area contributed by atoms with Gasteiger partial charge in [-0.15, -0.1) is 11.8 Å². The number of aliphatic hydroxyl groups is 2. The highest BCUT2D eigenvalue weighted by molar-refractivity contribution is 7.99. The van der Waals surface area contributed by atoms with Crippen molar-refractivity contribution < 1.29 is 53.3 Å². The Morgan fingerprint density at radius 3 is 2.60 bits per heavy atom. The summed E-state index contributed by atoms with van der Waals surface area (Å²) in [5.41, 5.74) is 4.98. The maximum atomic E-state index is 15.0. The van der Waals surface area contributed by atoms with Gasteiger partial charge in [0.05, 0.1) is 49.9 Å². The summed E-state index contributed by atoms with van der Waals surface area (Å²) < 4.78 is 36.2. The van der Waals surface area contributed by atoms with Gasteiger partial charge in [0.2, 0.25) is 6.79 Å². The van der Waals surface area contributed by atoms with Gasteiger partial charge in [0.25, 0.3) is 0 Å². The van der Waals surface area contributed by atoms with Gasteiger partial charge in [-0.1, -0.05) is 13.0 Å². The number of benzene rings is 3. The van der Waals surface area contributed by atoms with Crippen molar-refractivity contribution in [2.24, 2.45) is 0 Å². The summed E-state index contributed by atoms with van der Waals surface area (Å²) in [6, 6.07) is 4.71. The highest BCUT2D eigenvalue weighted by Crippen LogP contribution is 2.64. The van der Waals surface area contributed by atoms with Crippen LogP contribution in [0, 0.1) is 13.8 Å². The molecular weight excluding hydrogens is 769 g/mol. The minimum Gasteiger partial charge on any atom is -0.504 e. The van der Waals surface area contributed by atoms with Gasteiger partial charge in [-0.3, -0.25) is 15.0 Å². The molecular formula is C42H46N4O11S. The standard InChI is InChI=1S/C42H46N4O11S/c1-16-9-22-17(2)30-40(50)46-26-13-54-41(51)42(39-24(10-20(12-47)45-42)23-11-21(52-5)7-8-25(23)43-39)14-58-38(32(46)31(44-30)27(22)33(49)34(16)53-6)29-28(26)37-36(55-15-56-37)18(3)35(29)57-19(4)48/h7-9,11,17,20,26,30-32,38,40,43-45,47,49-50H,10,12-15H2,1-6H3/t17?,20-,26?,30-,31+,32+,38+,40-,42+/m0/s1. The van der Waals surface area contributed by atoms with Crippen LogP contribution in [0.15, 0.2) is 24.3 Å². The van der Waals surface area contributed by atoms with Gasteiger partial charge in [-0.25, -0.2) is 4.79 Å². The molecule has 15 nitrogen and oxygen atoms in total. The van der Waals surface area contributed by atoms with Gasteiger partial charge in [-0.2, -0.15) is 0 Å². The molecule has 16 heteroatoms. The number of aromatic hydroxyl groups is 1. The van der Waals surface area contributed by atoms with Crippen LogP contribution in [0.1, 0.15) is 81.7 Å². The number of H-pyrrole nitrogens is 1. The number of ether oxygens (including phenoxy) is 6. The molecule has 2 unspecified atom stereocenters. The van der Waals surface area contributed by atoms with Crippen molar-refractivity contribution in [3.63, 3.8) is 0 Å². The molecule has 58 heavy (non-hydrogen) atoms. The first-order chi connectivity index (χ1) is 27.9. The second-order valence-corrected chi connectivity index (χ2v) is 17.3. The Morgan fingerprint density at radius 1 is 1.07 bits per heavy atom. The van der Waals surface area contributed by atoms with Crippen LogP contribution in [0.4, 0.5) is 0 Å². The first kappa shape index (κ1) is 37.6. The molecule has 306 valence electrons. The van der Waals surface area contributed by atoms with Crippen LogP contribution in [-0.4, -0.2) is 101 Å². The van der Waals surface area contributed by atoms with Crippen molar-refractivity contribution in [1.29, 1.82) is 0 Å². The Kier molecular flexibility index (Phi) is 8.68. The minimum atomic E-state index is -1.47. The van der Waals surface area contributed by atoms with E-state index in [-0.39, 0.29) is 37.4 Å². The van der Waals surface area contributed by atoms with Crippen LogP contribution in [-0.2, 0) is 26.3 Å². The number of piperazine rings is 1. The predicted octanol–water partition coefficient (Wildman–Crippen LogP) is 3.77. The average molecular weight is 815 g/mol. The molecule has 9 atom stereocenters. The van der Waals surface area contributed by atoms with E-state index in [2.05, 4.69) is 15.6 Å². The maximum Gasteiger partial charge on any atom is 0.333 e. The zero-order valence-corrected chi connectivity index (χ0v) is 33.7. The monoisotopic (exact) mass is 814 g/mol. The molecule has 1 aromatic heterocycles. The molecule has 7 aliphatic heterocycles. The van der Waals surface area contributed by atoms with E-state index in [9.17, 15) is 20.1 Å². The number of esters is 2. The van der Waals surface area contributed by atoms with E-state index >= 15 is 4.79 Å². The first-order valence-corrected chi connectivity index (χ1v) is 20.6. The molecule has 2 fully saturated rings. The first-order valence-electron chi connectivity index (χ1n) is 19.5. The number of carbonyl (C=O) groups is 2. The maximum absolute atomic E-state index is 15.0. The summed E-state index contributed by atoms with van der Waals surface area (Å²) in [6.45, 7) is 6.54. The Hall–Kier alpha value is -4.71. The van der Waals surface area contributed by atoms with Crippen molar-refractivity contribution in [3.05, 3.63) is 68.9 Å². The van der Waals surface area contributed by atoms with Crippen molar-refractivity contribution in [2.75, 3.05) is 40.0 Å². The zero-order chi connectivity index (χ0) is 40.5. The number of methoxy groups -OCH3 is 2. The lowest BCUT2D eigenvalue weighted by molar-refractivity contribution is -0.166. The van der Waals surface area contributed by atoms with Crippen LogP contribution < -0.4 is 34.3 Å². The summed E-state index contributed by atoms with van der Waals surface area (Å²) in [5.74, 6) is 0.960. The SMILES string of the molecule is COc1ccc2[nH]c3c(c2c1)C[C@@H](CO)N[C@]31CS[C@@H]2c3c(OC(C)=O)c(C)c4c(c3C(COC1=O)N1[C@@H]2[C@@H]2N[C@@H](C(C)c3cc(C)c(OC)c(O)c32)[C@@H]1O)OCO4. The predicted molar refractivity (Wildman–Crippen MR) is 211 cm³/mol. The third kappa shape index (κ3) is 5.05. The molecule has 3 aromatic carbocycles. The minimum absolute atomic E-state index is 0.0117. The van der Waals surface area contributed by atoms with Gasteiger partial charge >= 0.3 is 11.9 Å². The molecule has 0 radical (unpaired) electrons. The topological polar surface area (TPSA) is 193 Å². The summed E-state index contributed by atoms with van der Waals surface area (Å²) in [7, 11) is 3.13. The van der Waals surface area contributed by atoms with Gasteiger partial charge in [0.1, 0.15) is 24.3 Å². The summed E-state index contributed by atoms with van der Waals surface area (Å²) in [6.07, 6.45) is -0.654. The molecule has 11 rings (SSSR count). The number of aromatic amines is 1. The number of carbonyl (C=O) groups excluding carboxylic acids is 2. The molecule has 4 bridgehead atoms. The number of phenolic OH excluding ortho intramolecular Hbond substituents is 1.